The Bertz CT molecular complexity index is 2460. The van der Waals surface area contributed by atoms with Crippen LogP contribution in [0.25, 0.3) is 54.9 Å². The Kier molecular flexibility index (Phi) is 7.11. The summed E-state index contributed by atoms with van der Waals surface area (Å²) in [5.41, 5.74) is 14.4. The smallest absolute Gasteiger partial charge is 0.0349 e. The van der Waals surface area contributed by atoms with Gasteiger partial charge in [-0.2, -0.15) is 0 Å². The predicted molar refractivity (Wildman–Crippen MR) is 210 cm³/mol. The zero-order chi connectivity index (χ0) is 32.3. The van der Waals surface area contributed by atoms with E-state index in [4.69, 9.17) is 0 Å². The molecule has 232 valence electrons. The van der Waals surface area contributed by atoms with Gasteiger partial charge in [0.25, 0.3) is 0 Å². The molecular formula is C46H30S3. The average Bonchev–Trinajstić information content (AvgIpc) is 3.68. The number of thiophene rings is 1. The van der Waals surface area contributed by atoms with Crippen LogP contribution in [-0.4, -0.2) is 0 Å². The van der Waals surface area contributed by atoms with E-state index in [0.717, 1.165) is 0 Å². The van der Waals surface area contributed by atoms with Crippen molar-refractivity contribution in [1.29, 1.82) is 0 Å². The maximum absolute atomic E-state index is 2.46. The van der Waals surface area contributed by atoms with Gasteiger partial charge in [0.05, 0.1) is 0 Å². The number of allylic oxidation sites excluding steroid dienone is 4. The Hall–Kier alpha value is -4.80. The molecule has 49 heavy (non-hydrogen) atoms. The first kappa shape index (κ1) is 29.1. The Labute approximate surface area is 299 Å². The third-order valence-corrected chi connectivity index (χ3v) is 13.6. The maximum Gasteiger partial charge on any atom is 0.0349 e. The van der Waals surface area contributed by atoms with Gasteiger partial charge in [0, 0.05) is 36.3 Å². The van der Waals surface area contributed by atoms with Crippen LogP contribution >= 0.6 is 34.9 Å². The number of hydrogen-bond acceptors (Lipinski definition) is 3. The minimum atomic E-state index is 0.359. The van der Waals surface area contributed by atoms with E-state index in [1.807, 2.05) is 34.9 Å². The number of hydrogen-bond donors (Lipinski definition) is 0. The van der Waals surface area contributed by atoms with Crippen LogP contribution < -0.4 is 0 Å². The SMILES string of the molecule is C1=CC2c3ccccc3-c3cc(-c4ccc(-c5cc(-c6ccccc6)cs5)cc4-c4cccc5c4Sc4ccccc4S5)ccc3C2C=C1. The molecule has 3 aliphatic rings. The van der Waals surface area contributed by atoms with Gasteiger partial charge in [0.1, 0.15) is 0 Å². The van der Waals surface area contributed by atoms with E-state index in [9.17, 15) is 0 Å². The first-order chi connectivity index (χ1) is 24.3. The zero-order valence-corrected chi connectivity index (χ0v) is 29.0. The lowest BCUT2D eigenvalue weighted by Crippen LogP contribution is -2.16. The van der Waals surface area contributed by atoms with Crippen molar-refractivity contribution in [3.05, 3.63) is 180 Å². The van der Waals surface area contributed by atoms with Gasteiger partial charge in [-0.15, -0.1) is 11.3 Å². The maximum atomic E-state index is 2.46. The van der Waals surface area contributed by atoms with Crippen LogP contribution in [0.1, 0.15) is 23.0 Å². The van der Waals surface area contributed by atoms with E-state index >= 15 is 0 Å². The van der Waals surface area contributed by atoms with Crippen LogP contribution in [0.15, 0.2) is 189 Å². The Morgan fingerprint density at radius 3 is 1.92 bits per heavy atom. The van der Waals surface area contributed by atoms with Gasteiger partial charge in [-0.25, -0.2) is 0 Å². The molecule has 0 amide bonds. The fourth-order valence-corrected chi connectivity index (χ4v) is 11.0. The quantitative estimate of drug-likeness (QED) is 0.182. The third-order valence-electron chi connectivity index (χ3n) is 10.0. The van der Waals surface area contributed by atoms with E-state index < -0.39 is 0 Å². The molecule has 2 heterocycles. The number of benzene rings is 6. The molecule has 10 rings (SSSR count). The summed E-state index contributed by atoms with van der Waals surface area (Å²) in [6.45, 7) is 0. The largest absolute Gasteiger partial charge is 0.143 e. The second kappa shape index (κ2) is 12.0. The summed E-state index contributed by atoms with van der Waals surface area (Å²) in [4.78, 5) is 6.60. The van der Waals surface area contributed by atoms with Gasteiger partial charge in [-0.05, 0) is 103 Å². The molecule has 3 heteroatoms. The molecule has 0 saturated carbocycles. The van der Waals surface area contributed by atoms with E-state index in [-0.39, 0.29) is 0 Å². The highest BCUT2D eigenvalue weighted by molar-refractivity contribution is 8.05. The van der Waals surface area contributed by atoms with E-state index in [2.05, 4.69) is 169 Å². The number of rotatable bonds is 4. The van der Waals surface area contributed by atoms with E-state index in [1.165, 1.54) is 85.7 Å². The highest BCUT2D eigenvalue weighted by atomic mass is 32.2. The lowest BCUT2D eigenvalue weighted by atomic mass is 9.69. The van der Waals surface area contributed by atoms with Crippen molar-refractivity contribution in [2.45, 2.75) is 31.4 Å². The first-order valence-corrected chi connectivity index (χ1v) is 19.2. The molecule has 2 unspecified atom stereocenters. The minimum absolute atomic E-state index is 0.359. The summed E-state index contributed by atoms with van der Waals surface area (Å²) in [7, 11) is 0. The van der Waals surface area contributed by atoms with Gasteiger partial charge >= 0.3 is 0 Å². The van der Waals surface area contributed by atoms with Gasteiger partial charge < -0.3 is 0 Å². The standard InChI is InChI=1S/C46H30S3/c1-2-11-29(12-3-1)32-27-45(47-28-32)31-22-23-33(40(26-31)39-17-10-20-44-46(39)49-43-19-9-8-18-42(43)48-44)30-21-24-38-36-15-5-4-13-34(36)35-14-6-7-16-37(35)41(38)25-30/h1-28,34,36H. The summed E-state index contributed by atoms with van der Waals surface area (Å²) in [5, 5.41) is 2.29. The summed E-state index contributed by atoms with van der Waals surface area (Å²) in [5.74, 6) is 0.743. The highest BCUT2D eigenvalue weighted by Gasteiger charge is 2.32. The van der Waals surface area contributed by atoms with Crippen molar-refractivity contribution in [3.63, 3.8) is 0 Å². The van der Waals surface area contributed by atoms with Crippen LogP contribution in [0.5, 0.6) is 0 Å². The molecule has 0 spiro atoms. The van der Waals surface area contributed by atoms with Crippen LogP contribution in [0.2, 0.25) is 0 Å². The Morgan fingerprint density at radius 2 is 1.06 bits per heavy atom. The lowest BCUT2D eigenvalue weighted by molar-refractivity contribution is 0.720. The first-order valence-electron chi connectivity index (χ1n) is 16.7. The zero-order valence-electron chi connectivity index (χ0n) is 26.5. The molecule has 0 N–H and O–H groups in total. The van der Waals surface area contributed by atoms with Crippen LogP contribution in [0.3, 0.4) is 0 Å². The monoisotopic (exact) mass is 678 g/mol. The normalized spacial score (nSPS) is 16.7. The molecule has 2 atom stereocenters. The topological polar surface area (TPSA) is 0 Å². The fraction of sp³-hybridized carbons (Fsp3) is 0.0435. The minimum Gasteiger partial charge on any atom is -0.143 e. The molecule has 2 aliphatic carbocycles. The van der Waals surface area contributed by atoms with Crippen LogP contribution in [-0.2, 0) is 0 Å². The van der Waals surface area contributed by atoms with Crippen molar-refractivity contribution >= 4 is 34.9 Å². The summed E-state index contributed by atoms with van der Waals surface area (Å²) in [6, 6.07) is 52.0. The predicted octanol–water partition coefficient (Wildman–Crippen LogP) is 14.0. The molecule has 0 fully saturated rings. The van der Waals surface area contributed by atoms with Crippen LogP contribution in [0.4, 0.5) is 0 Å². The summed E-state index contributed by atoms with van der Waals surface area (Å²) >= 11 is 5.61. The molecule has 0 bridgehead atoms. The van der Waals surface area contributed by atoms with Crippen molar-refractivity contribution in [2.24, 2.45) is 0 Å². The second-order valence-electron chi connectivity index (χ2n) is 12.8. The summed E-state index contributed by atoms with van der Waals surface area (Å²) < 4.78 is 0. The fourth-order valence-electron chi connectivity index (χ4n) is 7.68. The Balaban J connectivity index is 1.15. The van der Waals surface area contributed by atoms with E-state index in [0.29, 0.717) is 11.8 Å². The molecule has 1 aromatic heterocycles. The molecule has 0 radical (unpaired) electrons. The molecule has 7 aromatic rings. The molecule has 6 aromatic carbocycles. The third kappa shape index (κ3) is 4.99. The average molecular weight is 679 g/mol. The summed E-state index contributed by atoms with van der Waals surface area (Å²) in [6.07, 6.45) is 9.17. The van der Waals surface area contributed by atoms with Gasteiger partial charge in [0.15, 0.2) is 0 Å². The second-order valence-corrected chi connectivity index (χ2v) is 15.9. The van der Waals surface area contributed by atoms with Crippen molar-refractivity contribution < 1.29 is 0 Å². The Morgan fingerprint density at radius 1 is 0.388 bits per heavy atom. The molecule has 1 aliphatic heterocycles. The number of fused-ring (bicyclic) bond motifs is 8. The van der Waals surface area contributed by atoms with Crippen molar-refractivity contribution in [2.75, 3.05) is 0 Å². The van der Waals surface area contributed by atoms with Gasteiger partial charge in [0.2, 0.25) is 0 Å². The lowest BCUT2D eigenvalue weighted by Gasteiger charge is -2.34. The molecular weight excluding hydrogens is 649 g/mol. The van der Waals surface area contributed by atoms with Crippen molar-refractivity contribution in [1.82, 2.24) is 0 Å². The van der Waals surface area contributed by atoms with Crippen LogP contribution in [0, 0.1) is 0 Å². The highest BCUT2D eigenvalue weighted by Crippen LogP contribution is 2.54. The van der Waals surface area contributed by atoms with Gasteiger partial charge in [-0.3, -0.25) is 0 Å². The van der Waals surface area contributed by atoms with Gasteiger partial charge in [-0.1, -0.05) is 151 Å². The molecule has 0 nitrogen and oxygen atoms in total. The molecule has 0 saturated heterocycles. The van der Waals surface area contributed by atoms with E-state index in [1.54, 1.807) is 0 Å². The van der Waals surface area contributed by atoms with Crippen molar-refractivity contribution in [3.8, 4) is 54.9 Å².